The normalized spacial score (nSPS) is 20.4. The summed E-state index contributed by atoms with van der Waals surface area (Å²) in [5.74, 6) is 0.749. The van der Waals surface area contributed by atoms with Gasteiger partial charge in [-0.25, -0.2) is 4.79 Å². The van der Waals surface area contributed by atoms with Crippen LogP contribution in [0.2, 0.25) is 0 Å². The van der Waals surface area contributed by atoms with Gasteiger partial charge in [-0.1, -0.05) is 43.2 Å². The Labute approximate surface area is 177 Å². The number of piperidine rings is 1. The number of benzene rings is 1. The summed E-state index contributed by atoms with van der Waals surface area (Å²) in [5, 5.41) is 3.31. The average molecular weight is 401 g/mol. The Morgan fingerprint density at radius 1 is 1.03 bits per heavy atom. The first-order chi connectivity index (χ1) is 14.1. The number of nitrogens with one attached hydrogen (secondary N) is 1. The topological polar surface area (TPSA) is 38.8 Å². The number of hydrogen-bond acceptors (Lipinski definition) is 3. The van der Waals surface area contributed by atoms with Gasteiger partial charge in [0.2, 0.25) is 0 Å². The monoisotopic (exact) mass is 400 g/mol. The molecule has 0 spiro atoms. The number of amides is 2. The molecule has 1 N–H and O–H groups in total. The van der Waals surface area contributed by atoms with E-state index in [1.54, 1.807) is 0 Å². The van der Waals surface area contributed by atoms with Crippen LogP contribution in [-0.4, -0.2) is 80.1 Å². The second-order valence-corrected chi connectivity index (χ2v) is 9.24. The molecule has 1 atom stereocenters. The van der Waals surface area contributed by atoms with E-state index < -0.39 is 0 Å². The predicted octanol–water partition coefficient (Wildman–Crippen LogP) is 3.46. The number of likely N-dealkylation sites (N-methyl/N-ethyl adjacent to an activating group) is 1. The summed E-state index contributed by atoms with van der Waals surface area (Å²) in [4.78, 5) is 19.8. The SMILES string of the molecule is CN(C)CC(Cc1ccccc1)NC(=O)N1CCC(CN2CCCCCC2)CC1. The maximum absolute atomic E-state index is 12.9. The van der Waals surface area contributed by atoms with E-state index in [-0.39, 0.29) is 12.1 Å². The maximum Gasteiger partial charge on any atom is 0.317 e. The van der Waals surface area contributed by atoms with Crippen LogP contribution in [0.1, 0.15) is 44.1 Å². The predicted molar refractivity (Wildman–Crippen MR) is 120 cm³/mol. The molecule has 2 fully saturated rings. The largest absolute Gasteiger partial charge is 0.334 e. The first kappa shape index (κ1) is 22.1. The Bertz CT molecular complexity index is 590. The molecular weight excluding hydrogens is 360 g/mol. The first-order valence-corrected chi connectivity index (χ1v) is 11.6. The van der Waals surface area contributed by atoms with Gasteiger partial charge >= 0.3 is 6.03 Å². The zero-order valence-corrected chi connectivity index (χ0v) is 18.5. The minimum absolute atomic E-state index is 0.112. The number of likely N-dealkylation sites (tertiary alicyclic amines) is 2. The minimum Gasteiger partial charge on any atom is -0.334 e. The van der Waals surface area contributed by atoms with Gasteiger partial charge in [0.1, 0.15) is 0 Å². The van der Waals surface area contributed by atoms with Crippen LogP contribution >= 0.6 is 0 Å². The van der Waals surface area contributed by atoms with E-state index >= 15 is 0 Å². The quantitative estimate of drug-likeness (QED) is 0.762. The summed E-state index contributed by atoms with van der Waals surface area (Å²) in [6.07, 6.45) is 8.66. The Balaban J connectivity index is 1.45. The van der Waals surface area contributed by atoms with E-state index in [0.717, 1.165) is 44.8 Å². The van der Waals surface area contributed by atoms with Crippen LogP contribution in [0.25, 0.3) is 0 Å². The van der Waals surface area contributed by atoms with Gasteiger partial charge in [-0.15, -0.1) is 0 Å². The second-order valence-electron chi connectivity index (χ2n) is 9.24. The zero-order valence-electron chi connectivity index (χ0n) is 18.5. The highest BCUT2D eigenvalue weighted by molar-refractivity contribution is 5.74. The van der Waals surface area contributed by atoms with Crippen molar-refractivity contribution in [1.82, 2.24) is 20.0 Å². The lowest BCUT2D eigenvalue weighted by atomic mass is 9.96. The van der Waals surface area contributed by atoms with Gasteiger partial charge in [-0.05, 0) is 70.8 Å². The number of rotatable bonds is 7. The fourth-order valence-corrected chi connectivity index (χ4v) is 4.77. The van der Waals surface area contributed by atoms with Gasteiger partial charge in [-0.2, -0.15) is 0 Å². The van der Waals surface area contributed by atoms with E-state index in [1.165, 1.54) is 50.9 Å². The molecule has 2 aliphatic heterocycles. The number of urea groups is 1. The molecule has 1 aromatic rings. The van der Waals surface area contributed by atoms with Crippen molar-refractivity contribution in [2.24, 2.45) is 5.92 Å². The molecule has 0 bridgehead atoms. The summed E-state index contributed by atoms with van der Waals surface area (Å²) >= 11 is 0. The summed E-state index contributed by atoms with van der Waals surface area (Å²) in [6, 6.07) is 10.7. The highest BCUT2D eigenvalue weighted by Crippen LogP contribution is 2.20. The summed E-state index contributed by atoms with van der Waals surface area (Å²) < 4.78 is 0. The molecule has 2 aliphatic rings. The van der Waals surface area contributed by atoms with Crippen LogP contribution in [0.4, 0.5) is 4.79 Å². The molecule has 0 radical (unpaired) electrons. The van der Waals surface area contributed by atoms with Gasteiger partial charge in [0.15, 0.2) is 0 Å². The van der Waals surface area contributed by atoms with Crippen LogP contribution in [0.3, 0.4) is 0 Å². The minimum atomic E-state index is 0.112. The van der Waals surface area contributed by atoms with Crippen molar-refractivity contribution in [3.05, 3.63) is 35.9 Å². The molecule has 5 nitrogen and oxygen atoms in total. The van der Waals surface area contributed by atoms with Gasteiger partial charge in [-0.3, -0.25) is 0 Å². The smallest absolute Gasteiger partial charge is 0.317 e. The third kappa shape index (κ3) is 7.63. The van der Waals surface area contributed by atoms with Crippen molar-refractivity contribution in [2.75, 3.05) is 53.4 Å². The summed E-state index contributed by atoms with van der Waals surface area (Å²) in [6.45, 7) is 6.41. The highest BCUT2D eigenvalue weighted by Gasteiger charge is 2.26. The van der Waals surface area contributed by atoms with Gasteiger partial charge in [0, 0.05) is 32.2 Å². The maximum atomic E-state index is 12.9. The molecule has 29 heavy (non-hydrogen) atoms. The molecule has 1 unspecified atom stereocenters. The molecule has 0 saturated carbocycles. The van der Waals surface area contributed by atoms with E-state index in [0.29, 0.717) is 0 Å². The second kappa shape index (κ2) is 11.6. The zero-order chi connectivity index (χ0) is 20.5. The van der Waals surface area contributed by atoms with E-state index in [2.05, 4.69) is 53.5 Å². The Morgan fingerprint density at radius 3 is 2.31 bits per heavy atom. The van der Waals surface area contributed by atoms with Gasteiger partial charge < -0.3 is 20.0 Å². The molecule has 1 aromatic carbocycles. The fourth-order valence-electron chi connectivity index (χ4n) is 4.77. The molecule has 0 aliphatic carbocycles. The molecule has 0 aromatic heterocycles. The first-order valence-electron chi connectivity index (χ1n) is 11.6. The third-order valence-corrected chi connectivity index (χ3v) is 6.35. The van der Waals surface area contributed by atoms with E-state index in [9.17, 15) is 4.79 Å². The third-order valence-electron chi connectivity index (χ3n) is 6.35. The molecule has 5 heteroatoms. The highest BCUT2D eigenvalue weighted by atomic mass is 16.2. The van der Waals surface area contributed by atoms with Crippen molar-refractivity contribution in [1.29, 1.82) is 0 Å². The molecule has 3 rings (SSSR count). The van der Waals surface area contributed by atoms with Crippen molar-refractivity contribution in [3.63, 3.8) is 0 Å². The number of carbonyl (C=O) groups excluding carboxylic acids is 1. The number of carbonyl (C=O) groups is 1. The Morgan fingerprint density at radius 2 is 1.69 bits per heavy atom. The van der Waals surface area contributed by atoms with Crippen molar-refractivity contribution in [3.8, 4) is 0 Å². The van der Waals surface area contributed by atoms with Crippen molar-refractivity contribution < 1.29 is 4.79 Å². The fraction of sp³-hybridized carbons (Fsp3) is 0.708. The van der Waals surface area contributed by atoms with Crippen molar-refractivity contribution >= 4 is 6.03 Å². The van der Waals surface area contributed by atoms with Gasteiger partial charge in [0.25, 0.3) is 0 Å². The summed E-state index contributed by atoms with van der Waals surface area (Å²) in [5.41, 5.74) is 1.27. The van der Waals surface area contributed by atoms with Crippen molar-refractivity contribution in [2.45, 2.75) is 51.0 Å². The van der Waals surface area contributed by atoms with Gasteiger partial charge in [0.05, 0.1) is 0 Å². The van der Waals surface area contributed by atoms with Crippen LogP contribution < -0.4 is 5.32 Å². The average Bonchev–Trinajstić information content (AvgIpc) is 2.97. The molecule has 162 valence electrons. The number of hydrogen-bond donors (Lipinski definition) is 1. The lowest BCUT2D eigenvalue weighted by Crippen LogP contribution is -2.51. The lowest BCUT2D eigenvalue weighted by molar-refractivity contribution is 0.144. The van der Waals surface area contributed by atoms with E-state index in [1.807, 2.05) is 11.0 Å². The number of nitrogens with zero attached hydrogens (tertiary/aromatic N) is 3. The Kier molecular flexibility index (Phi) is 8.81. The standard InChI is InChI=1S/C24H40N4O/c1-26(2)20-23(18-21-10-6-5-7-11-21)25-24(29)28-16-12-22(13-17-28)19-27-14-8-3-4-9-15-27/h5-7,10-11,22-23H,3-4,8-9,12-20H2,1-2H3,(H,25,29). The lowest BCUT2D eigenvalue weighted by Gasteiger charge is -2.35. The van der Waals surface area contributed by atoms with E-state index in [4.69, 9.17) is 0 Å². The molecule has 2 amide bonds. The van der Waals surface area contributed by atoms with Crippen LogP contribution in [0, 0.1) is 5.92 Å². The molecule has 2 heterocycles. The molecular formula is C24H40N4O. The van der Waals surface area contributed by atoms with Crippen LogP contribution in [-0.2, 0) is 6.42 Å². The molecule has 2 saturated heterocycles. The summed E-state index contributed by atoms with van der Waals surface area (Å²) in [7, 11) is 4.14. The van der Waals surface area contributed by atoms with Crippen LogP contribution in [0.15, 0.2) is 30.3 Å². The van der Waals surface area contributed by atoms with Crippen LogP contribution in [0.5, 0.6) is 0 Å². The Hall–Kier alpha value is -1.59.